The highest BCUT2D eigenvalue weighted by Crippen LogP contribution is 2.14. The van der Waals surface area contributed by atoms with E-state index in [9.17, 15) is 14.0 Å². The zero-order chi connectivity index (χ0) is 15.3. The topological polar surface area (TPSA) is 66.8 Å². The van der Waals surface area contributed by atoms with E-state index < -0.39 is 23.8 Å². The van der Waals surface area contributed by atoms with Crippen LogP contribution in [0, 0.1) is 5.82 Å². The average molecular weight is 283 g/mol. The normalized spacial score (nSPS) is 12.1. The first kappa shape index (κ1) is 15.9. The van der Waals surface area contributed by atoms with E-state index in [1.165, 1.54) is 36.1 Å². The lowest BCUT2D eigenvalue weighted by Gasteiger charge is -2.28. The Kier molecular flexibility index (Phi) is 5.49. The summed E-state index contributed by atoms with van der Waals surface area (Å²) < 4.78 is 18.2. The van der Waals surface area contributed by atoms with Crippen LogP contribution < -0.4 is 4.74 Å². The molecule has 1 aromatic rings. The van der Waals surface area contributed by atoms with Crippen LogP contribution in [0.15, 0.2) is 24.3 Å². The van der Waals surface area contributed by atoms with Gasteiger partial charge >= 0.3 is 5.97 Å². The molecule has 0 aliphatic heterocycles. The van der Waals surface area contributed by atoms with Gasteiger partial charge in [-0.05, 0) is 45.0 Å². The number of carbonyl (C=O) groups is 2. The highest BCUT2D eigenvalue weighted by atomic mass is 19.1. The van der Waals surface area contributed by atoms with Gasteiger partial charge in [0.25, 0.3) is 5.91 Å². The van der Waals surface area contributed by atoms with Crippen LogP contribution in [0.3, 0.4) is 0 Å². The molecule has 1 atom stereocenters. The lowest BCUT2D eigenvalue weighted by Crippen LogP contribution is -2.46. The summed E-state index contributed by atoms with van der Waals surface area (Å²) in [5, 5.41) is 8.81. The average Bonchev–Trinajstić information content (AvgIpc) is 2.37. The zero-order valence-electron chi connectivity index (χ0n) is 11.7. The standard InChI is InChI=1S/C14H18FNO4/c1-9(2)16(8-13(17)18)14(19)10(3)20-12-6-4-11(15)5-7-12/h4-7,9-10H,8H2,1-3H3,(H,17,18). The molecule has 1 amide bonds. The van der Waals surface area contributed by atoms with Crippen molar-refractivity contribution in [2.75, 3.05) is 6.54 Å². The number of nitrogens with zero attached hydrogens (tertiary/aromatic N) is 1. The van der Waals surface area contributed by atoms with Crippen LogP contribution in [0.4, 0.5) is 4.39 Å². The monoisotopic (exact) mass is 283 g/mol. The van der Waals surface area contributed by atoms with E-state index in [0.717, 1.165) is 0 Å². The van der Waals surface area contributed by atoms with E-state index in [0.29, 0.717) is 5.75 Å². The summed E-state index contributed by atoms with van der Waals surface area (Å²) in [4.78, 5) is 24.1. The van der Waals surface area contributed by atoms with Crippen molar-refractivity contribution in [3.63, 3.8) is 0 Å². The third-order valence-corrected chi connectivity index (χ3v) is 2.69. The number of aliphatic carboxylic acids is 1. The third-order valence-electron chi connectivity index (χ3n) is 2.69. The smallest absolute Gasteiger partial charge is 0.323 e. The molecule has 0 saturated carbocycles. The Hall–Kier alpha value is -2.11. The van der Waals surface area contributed by atoms with Gasteiger partial charge in [0.1, 0.15) is 18.1 Å². The van der Waals surface area contributed by atoms with E-state index in [2.05, 4.69) is 0 Å². The molecule has 0 saturated heterocycles. The quantitative estimate of drug-likeness (QED) is 0.866. The van der Waals surface area contributed by atoms with Crippen molar-refractivity contribution in [1.29, 1.82) is 0 Å². The highest BCUT2D eigenvalue weighted by molar-refractivity contribution is 5.84. The first-order valence-corrected chi connectivity index (χ1v) is 6.25. The molecule has 1 rings (SSSR count). The highest BCUT2D eigenvalue weighted by Gasteiger charge is 2.26. The number of amides is 1. The Morgan fingerprint density at radius 1 is 1.25 bits per heavy atom. The fourth-order valence-corrected chi connectivity index (χ4v) is 1.66. The van der Waals surface area contributed by atoms with Crippen LogP contribution >= 0.6 is 0 Å². The number of carboxylic acids is 1. The maximum absolute atomic E-state index is 12.8. The van der Waals surface area contributed by atoms with Gasteiger partial charge in [-0.2, -0.15) is 0 Å². The summed E-state index contributed by atoms with van der Waals surface area (Å²) in [6, 6.07) is 5.03. The Labute approximate surface area is 117 Å². The van der Waals surface area contributed by atoms with Gasteiger partial charge in [-0.15, -0.1) is 0 Å². The summed E-state index contributed by atoms with van der Waals surface area (Å²) >= 11 is 0. The summed E-state index contributed by atoms with van der Waals surface area (Å²) in [5.74, 6) is -1.55. The SMILES string of the molecule is CC(Oc1ccc(F)cc1)C(=O)N(CC(=O)O)C(C)C. The molecule has 20 heavy (non-hydrogen) atoms. The van der Waals surface area contributed by atoms with E-state index >= 15 is 0 Å². The molecule has 1 N–H and O–H groups in total. The Morgan fingerprint density at radius 2 is 1.80 bits per heavy atom. The molecule has 1 unspecified atom stereocenters. The van der Waals surface area contributed by atoms with E-state index in [4.69, 9.17) is 9.84 Å². The van der Waals surface area contributed by atoms with Crippen molar-refractivity contribution < 1.29 is 23.8 Å². The third kappa shape index (κ3) is 4.53. The van der Waals surface area contributed by atoms with E-state index in [-0.39, 0.29) is 12.6 Å². The van der Waals surface area contributed by atoms with Gasteiger partial charge in [-0.1, -0.05) is 0 Å². The maximum atomic E-state index is 12.8. The lowest BCUT2D eigenvalue weighted by molar-refractivity contribution is -0.149. The van der Waals surface area contributed by atoms with Crippen LogP contribution in [0.2, 0.25) is 0 Å². The molecular formula is C14H18FNO4. The van der Waals surface area contributed by atoms with Gasteiger partial charge in [0.2, 0.25) is 0 Å². The molecule has 110 valence electrons. The number of halogens is 1. The molecule has 0 fully saturated rings. The molecule has 0 aliphatic rings. The number of rotatable bonds is 6. The van der Waals surface area contributed by atoms with Crippen molar-refractivity contribution in [2.45, 2.75) is 32.9 Å². The van der Waals surface area contributed by atoms with Crippen LogP contribution in [0.1, 0.15) is 20.8 Å². The van der Waals surface area contributed by atoms with Gasteiger partial charge in [0, 0.05) is 6.04 Å². The molecule has 6 heteroatoms. The van der Waals surface area contributed by atoms with Gasteiger partial charge in [-0.3, -0.25) is 9.59 Å². The minimum atomic E-state index is -1.08. The molecule has 0 aliphatic carbocycles. The molecule has 0 heterocycles. The van der Waals surface area contributed by atoms with Gasteiger partial charge in [-0.25, -0.2) is 4.39 Å². The number of benzene rings is 1. The number of carbonyl (C=O) groups excluding carboxylic acids is 1. The molecule has 0 radical (unpaired) electrons. The van der Waals surface area contributed by atoms with Crippen LogP contribution in [-0.4, -0.2) is 40.6 Å². The minimum absolute atomic E-state index is 0.252. The Balaban J connectivity index is 2.73. The van der Waals surface area contributed by atoms with Crippen molar-refractivity contribution in [1.82, 2.24) is 4.90 Å². The molecular weight excluding hydrogens is 265 g/mol. The molecule has 0 aromatic heterocycles. The minimum Gasteiger partial charge on any atom is -0.481 e. The lowest BCUT2D eigenvalue weighted by atomic mass is 10.2. The van der Waals surface area contributed by atoms with Crippen molar-refractivity contribution in [3.8, 4) is 5.75 Å². The van der Waals surface area contributed by atoms with E-state index in [1.807, 2.05) is 0 Å². The predicted molar refractivity (Wildman–Crippen MR) is 71.0 cm³/mol. The summed E-state index contributed by atoms with van der Waals surface area (Å²) in [7, 11) is 0. The number of carboxylic acid groups (broad SMARTS) is 1. The summed E-state index contributed by atoms with van der Waals surface area (Å²) in [5.41, 5.74) is 0. The predicted octanol–water partition coefficient (Wildman–Crippen LogP) is 1.91. The molecule has 0 bridgehead atoms. The van der Waals surface area contributed by atoms with E-state index in [1.54, 1.807) is 13.8 Å². The van der Waals surface area contributed by atoms with Gasteiger partial charge in [0.15, 0.2) is 6.10 Å². The fraction of sp³-hybridized carbons (Fsp3) is 0.429. The van der Waals surface area contributed by atoms with Crippen LogP contribution in [0.5, 0.6) is 5.75 Å². The van der Waals surface area contributed by atoms with Crippen LogP contribution in [0.25, 0.3) is 0 Å². The number of ether oxygens (including phenoxy) is 1. The molecule has 0 spiro atoms. The largest absolute Gasteiger partial charge is 0.481 e. The second kappa shape index (κ2) is 6.88. The summed E-state index contributed by atoms with van der Waals surface area (Å²) in [6.07, 6.45) is -0.845. The molecule has 1 aromatic carbocycles. The zero-order valence-corrected chi connectivity index (χ0v) is 11.7. The van der Waals surface area contributed by atoms with Gasteiger partial charge in [0.05, 0.1) is 0 Å². The second-order valence-electron chi connectivity index (χ2n) is 4.67. The van der Waals surface area contributed by atoms with Gasteiger partial charge < -0.3 is 14.7 Å². The van der Waals surface area contributed by atoms with Crippen molar-refractivity contribution in [3.05, 3.63) is 30.1 Å². The number of hydrogen-bond acceptors (Lipinski definition) is 3. The van der Waals surface area contributed by atoms with Crippen molar-refractivity contribution >= 4 is 11.9 Å². The van der Waals surface area contributed by atoms with Crippen molar-refractivity contribution in [2.24, 2.45) is 0 Å². The number of hydrogen-bond donors (Lipinski definition) is 1. The molecule has 5 nitrogen and oxygen atoms in total. The second-order valence-corrected chi connectivity index (χ2v) is 4.67. The Bertz CT molecular complexity index is 473. The first-order chi connectivity index (χ1) is 9.31. The fourth-order valence-electron chi connectivity index (χ4n) is 1.66. The summed E-state index contributed by atoms with van der Waals surface area (Å²) in [6.45, 7) is 4.60. The first-order valence-electron chi connectivity index (χ1n) is 6.25. The Morgan fingerprint density at radius 3 is 2.25 bits per heavy atom. The van der Waals surface area contributed by atoms with Crippen LogP contribution in [-0.2, 0) is 9.59 Å². The maximum Gasteiger partial charge on any atom is 0.323 e.